The van der Waals surface area contributed by atoms with Gasteiger partial charge in [-0.15, -0.1) is 6.58 Å². The molecule has 0 aromatic rings. The van der Waals surface area contributed by atoms with Gasteiger partial charge in [0.15, 0.2) is 0 Å². The Kier molecular flexibility index (Phi) is 3.29. The van der Waals surface area contributed by atoms with Gasteiger partial charge in [-0.3, -0.25) is 0 Å². The Bertz CT molecular complexity index is 230. The molecule has 0 amide bonds. The molecular formula is C10H18N2Si. The molecular weight excluding hydrogens is 176 g/mol. The number of rotatable bonds is 3. The summed E-state index contributed by atoms with van der Waals surface area (Å²) in [7, 11) is -1.18. The number of hydrogen-bond acceptors (Lipinski definition) is 2. The van der Waals surface area contributed by atoms with E-state index in [4.69, 9.17) is 5.26 Å². The molecule has 1 unspecified atom stereocenters. The summed E-state index contributed by atoms with van der Waals surface area (Å²) in [5.74, 6) is 0. The molecule has 0 saturated carbocycles. The minimum Gasteiger partial charge on any atom is -0.317 e. The summed E-state index contributed by atoms with van der Waals surface area (Å²) in [5, 5.41) is 8.69. The van der Waals surface area contributed by atoms with Gasteiger partial charge in [0.25, 0.3) is 0 Å². The average Bonchev–Trinajstić information content (AvgIpc) is 2.41. The van der Waals surface area contributed by atoms with Crippen LogP contribution in [0.5, 0.6) is 0 Å². The maximum absolute atomic E-state index is 8.69. The highest BCUT2D eigenvalue weighted by atomic mass is 28.3. The van der Waals surface area contributed by atoms with E-state index in [-0.39, 0.29) is 0 Å². The van der Waals surface area contributed by atoms with Crippen LogP contribution >= 0.6 is 0 Å². The first-order valence-corrected chi connectivity index (χ1v) is 8.03. The summed E-state index contributed by atoms with van der Waals surface area (Å²) in [6, 6.07) is 3.91. The lowest BCUT2D eigenvalue weighted by molar-refractivity contribution is 0.394. The molecule has 1 saturated heterocycles. The van der Waals surface area contributed by atoms with Crippen molar-refractivity contribution in [3.05, 3.63) is 12.7 Å². The molecule has 1 aliphatic heterocycles. The molecule has 0 radical (unpaired) electrons. The van der Waals surface area contributed by atoms with Gasteiger partial charge in [0, 0.05) is 6.04 Å². The summed E-state index contributed by atoms with van der Waals surface area (Å²) >= 11 is 0. The van der Waals surface area contributed by atoms with Crippen LogP contribution in [-0.4, -0.2) is 25.4 Å². The highest BCUT2D eigenvalue weighted by Gasteiger charge is 2.37. The molecule has 13 heavy (non-hydrogen) atoms. The maximum atomic E-state index is 8.69. The third-order valence-corrected chi connectivity index (χ3v) is 6.63. The fourth-order valence-corrected chi connectivity index (χ4v) is 5.33. The van der Waals surface area contributed by atoms with Crippen LogP contribution in [0.2, 0.25) is 19.1 Å². The molecule has 72 valence electrons. The van der Waals surface area contributed by atoms with Crippen molar-refractivity contribution in [2.24, 2.45) is 0 Å². The van der Waals surface area contributed by atoms with E-state index in [1.807, 2.05) is 6.08 Å². The number of hydrogen-bond donors (Lipinski definition) is 0. The van der Waals surface area contributed by atoms with Gasteiger partial charge < -0.3 is 4.57 Å². The molecule has 1 heterocycles. The van der Waals surface area contributed by atoms with E-state index in [1.54, 1.807) is 0 Å². The molecule has 1 rings (SSSR count). The second kappa shape index (κ2) is 4.08. The molecule has 0 N–H and O–H groups in total. The van der Waals surface area contributed by atoms with Gasteiger partial charge in [-0.1, -0.05) is 19.2 Å². The average molecular weight is 194 g/mol. The van der Waals surface area contributed by atoms with E-state index in [1.165, 1.54) is 12.5 Å². The summed E-state index contributed by atoms with van der Waals surface area (Å²) in [6.07, 6.45) is 3.83. The Balaban J connectivity index is 2.69. The molecule has 3 heteroatoms. The van der Waals surface area contributed by atoms with E-state index in [9.17, 15) is 0 Å². The van der Waals surface area contributed by atoms with Crippen LogP contribution in [0.25, 0.3) is 0 Å². The lowest BCUT2D eigenvalue weighted by Crippen LogP contribution is -2.48. The van der Waals surface area contributed by atoms with Gasteiger partial charge in [-0.2, -0.15) is 5.26 Å². The largest absolute Gasteiger partial charge is 0.317 e. The number of nitrogens with zero attached hydrogens (tertiary/aromatic N) is 2. The molecule has 0 aromatic carbocycles. The predicted octanol–water partition coefficient (Wildman–Crippen LogP) is 2.37. The Labute approximate surface area is 81.9 Å². The standard InChI is InChI=1S/C10H18N2Si/c1-4-10(6-7-11)12-8-5-9-13(12,2)3/h4,10H,1,5-6,8-9H2,2-3H3. The number of nitriles is 1. The Hall–Kier alpha value is -0.593. The van der Waals surface area contributed by atoms with Gasteiger partial charge in [0.1, 0.15) is 8.24 Å². The summed E-state index contributed by atoms with van der Waals surface area (Å²) in [6.45, 7) is 9.75. The van der Waals surface area contributed by atoms with Crippen molar-refractivity contribution in [1.29, 1.82) is 5.26 Å². The van der Waals surface area contributed by atoms with E-state index in [2.05, 4.69) is 30.3 Å². The van der Waals surface area contributed by atoms with Crippen LogP contribution in [0.15, 0.2) is 12.7 Å². The van der Waals surface area contributed by atoms with Crippen LogP contribution in [0, 0.1) is 11.3 Å². The normalized spacial score (nSPS) is 23.8. The van der Waals surface area contributed by atoms with Gasteiger partial charge in [0.05, 0.1) is 12.5 Å². The zero-order valence-electron chi connectivity index (χ0n) is 8.58. The van der Waals surface area contributed by atoms with Gasteiger partial charge >= 0.3 is 0 Å². The van der Waals surface area contributed by atoms with Crippen molar-refractivity contribution in [2.75, 3.05) is 6.54 Å². The zero-order valence-corrected chi connectivity index (χ0v) is 9.58. The topological polar surface area (TPSA) is 27.0 Å². The van der Waals surface area contributed by atoms with E-state index >= 15 is 0 Å². The lowest BCUT2D eigenvalue weighted by Gasteiger charge is -2.34. The van der Waals surface area contributed by atoms with E-state index in [0.29, 0.717) is 12.5 Å². The second-order valence-corrected chi connectivity index (χ2v) is 8.97. The second-order valence-electron chi connectivity index (χ2n) is 4.27. The van der Waals surface area contributed by atoms with Gasteiger partial charge in [0.2, 0.25) is 0 Å². The monoisotopic (exact) mass is 194 g/mol. The molecule has 1 atom stereocenters. The maximum Gasteiger partial charge on any atom is 0.122 e. The first kappa shape index (κ1) is 10.5. The molecule has 0 aromatic heterocycles. The van der Waals surface area contributed by atoms with Crippen molar-refractivity contribution in [1.82, 2.24) is 4.57 Å². The van der Waals surface area contributed by atoms with Crippen molar-refractivity contribution in [3.8, 4) is 6.07 Å². The molecule has 2 nitrogen and oxygen atoms in total. The van der Waals surface area contributed by atoms with E-state index in [0.717, 1.165) is 6.54 Å². The van der Waals surface area contributed by atoms with Crippen molar-refractivity contribution in [2.45, 2.75) is 38.0 Å². The van der Waals surface area contributed by atoms with Crippen LogP contribution in [-0.2, 0) is 0 Å². The van der Waals surface area contributed by atoms with Crippen LogP contribution < -0.4 is 0 Å². The summed E-state index contributed by atoms with van der Waals surface area (Å²) in [4.78, 5) is 0. The fraction of sp³-hybridized carbons (Fsp3) is 0.700. The fourth-order valence-electron chi connectivity index (χ4n) is 2.16. The van der Waals surface area contributed by atoms with Gasteiger partial charge in [-0.25, -0.2) is 0 Å². The molecule has 0 bridgehead atoms. The SMILES string of the molecule is C=CC(CC#N)N1CCC[Si]1(C)C. The lowest BCUT2D eigenvalue weighted by atomic mass is 10.2. The van der Waals surface area contributed by atoms with Crippen LogP contribution in [0.1, 0.15) is 12.8 Å². The van der Waals surface area contributed by atoms with E-state index < -0.39 is 8.24 Å². The first-order chi connectivity index (χ1) is 6.11. The zero-order chi connectivity index (χ0) is 9.90. The summed E-state index contributed by atoms with van der Waals surface area (Å²) < 4.78 is 2.53. The molecule has 0 aliphatic carbocycles. The van der Waals surface area contributed by atoms with Crippen LogP contribution in [0.3, 0.4) is 0 Å². The highest BCUT2D eigenvalue weighted by molar-refractivity contribution is 6.75. The Morgan fingerprint density at radius 1 is 1.69 bits per heavy atom. The quantitative estimate of drug-likeness (QED) is 0.509. The minimum atomic E-state index is -1.18. The third-order valence-electron chi connectivity index (χ3n) is 2.94. The van der Waals surface area contributed by atoms with Crippen molar-refractivity contribution >= 4 is 8.24 Å². The molecule has 1 aliphatic rings. The predicted molar refractivity (Wildman–Crippen MR) is 57.8 cm³/mol. The third kappa shape index (κ3) is 2.20. The highest BCUT2D eigenvalue weighted by Crippen LogP contribution is 2.28. The smallest absolute Gasteiger partial charge is 0.122 e. The van der Waals surface area contributed by atoms with Gasteiger partial charge in [-0.05, 0) is 19.0 Å². The first-order valence-electron chi connectivity index (χ1n) is 4.88. The Morgan fingerprint density at radius 3 is 2.77 bits per heavy atom. The minimum absolute atomic E-state index is 0.300. The molecule has 0 spiro atoms. The Morgan fingerprint density at radius 2 is 2.38 bits per heavy atom. The van der Waals surface area contributed by atoms with Crippen LogP contribution in [0.4, 0.5) is 0 Å². The molecule has 1 fully saturated rings. The summed E-state index contributed by atoms with van der Waals surface area (Å²) in [5.41, 5.74) is 0. The van der Waals surface area contributed by atoms with Crippen molar-refractivity contribution in [3.63, 3.8) is 0 Å². The van der Waals surface area contributed by atoms with Crippen molar-refractivity contribution < 1.29 is 0 Å².